The second kappa shape index (κ2) is 7.72. The van der Waals surface area contributed by atoms with E-state index < -0.39 is 0 Å². The summed E-state index contributed by atoms with van der Waals surface area (Å²) in [7, 11) is 0. The number of hydrogen-bond acceptors (Lipinski definition) is 3. The first-order valence-electron chi connectivity index (χ1n) is 9.37. The average Bonchev–Trinajstić information content (AvgIpc) is 2.71. The minimum atomic E-state index is -0.215. The number of fused-ring (bicyclic) bond motifs is 2. The van der Waals surface area contributed by atoms with Gasteiger partial charge in [-0.25, -0.2) is 0 Å². The fraction of sp³-hybridized carbons (Fsp3) is 0.217. The summed E-state index contributed by atoms with van der Waals surface area (Å²) in [5.41, 5.74) is 3.02. The van der Waals surface area contributed by atoms with Crippen LogP contribution in [0.5, 0.6) is 5.75 Å². The van der Waals surface area contributed by atoms with Crippen LogP contribution in [0.3, 0.4) is 0 Å². The lowest BCUT2D eigenvalue weighted by Gasteiger charge is -2.28. The van der Waals surface area contributed by atoms with Crippen LogP contribution in [-0.2, 0) is 22.6 Å². The number of amides is 2. The standard InChI is InChI=1S/C23H22N2O3/c1-16(26)25-11-10-18-6-8-21(12-20(18)14-25)24-23(27)15-28-22-9-7-17-4-2-3-5-19(17)13-22/h2-9,12-13H,10-11,14-15H2,1H3,(H,24,27). The van der Waals surface area contributed by atoms with Gasteiger partial charge in [-0.3, -0.25) is 9.59 Å². The highest BCUT2D eigenvalue weighted by molar-refractivity contribution is 5.92. The first kappa shape index (κ1) is 18.0. The zero-order chi connectivity index (χ0) is 19.5. The summed E-state index contributed by atoms with van der Waals surface area (Å²) >= 11 is 0. The molecule has 0 atom stereocenters. The minimum Gasteiger partial charge on any atom is -0.484 e. The molecule has 0 bridgehead atoms. The molecule has 0 aliphatic carbocycles. The highest BCUT2D eigenvalue weighted by Crippen LogP contribution is 2.23. The second-order valence-corrected chi connectivity index (χ2v) is 7.02. The third-order valence-corrected chi connectivity index (χ3v) is 5.04. The SMILES string of the molecule is CC(=O)N1CCc2ccc(NC(=O)COc3ccc4ccccc4c3)cc2C1. The molecule has 1 aliphatic rings. The number of nitrogens with zero attached hydrogens (tertiary/aromatic N) is 1. The molecule has 0 radical (unpaired) electrons. The Labute approximate surface area is 163 Å². The van der Waals surface area contributed by atoms with Crippen molar-refractivity contribution in [2.24, 2.45) is 0 Å². The summed E-state index contributed by atoms with van der Waals surface area (Å²) in [6.45, 7) is 2.85. The molecule has 4 rings (SSSR count). The fourth-order valence-corrected chi connectivity index (χ4v) is 3.51. The molecule has 3 aromatic rings. The number of anilines is 1. The maximum Gasteiger partial charge on any atom is 0.262 e. The third kappa shape index (κ3) is 3.98. The van der Waals surface area contributed by atoms with E-state index in [4.69, 9.17) is 4.74 Å². The molecule has 5 nitrogen and oxygen atoms in total. The van der Waals surface area contributed by atoms with Crippen molar-refractivity contribution in [2.45, 2.75) is 19.9 Å². The van der Waals surface area contributed by atoms with E-state index >= 15 is 0 Å². The molecule has 28 heavy (non-hydrogen) atoms. The van der Waals surface area contributed by atoms with Crippen LogP contribution in [0, 0.1) is 0 Å². The van der Waals surface area contributed by atoms with Gasteiger partial charge in [-0.2, -0.15) is 0 Å². The average molecular weight is 374 g/mol. The van der Waals surface area contributed by atoms with Crippen LogP contribution in [0.25, 0.3) is 10.8 Å². The van der Waals surface area contributed by atoms with E-state index in [-0.39, 0.29) is 18.4 Å². The van der Waals surface area contributed by atoms with Crippen molar-refractivity contribution in [1.82, 2.24) is 4.90 Å². The number of carbonyl (C=O) groups excluding carboxylic acids is 2. The first-order chi connectivity index (χ1) is 13.6. The van der Waals surface area contributed by atoms with Crippen molar-refractivity contribution in [3.05, 3.63) is 71.8 Å². The fourth-order valence-electron chi connectivity index (χ4n) is 3.51. The Hall–Kier alpha value is -3.34. The van der Waals surface area contributed by atoms with Crippen LogP contribution in [0.2, 0.25) is 0 Å². The molecule has 0 spiro atoms. The highest BCUT2D eigenvalue weighted by Gasteiger charge is 2.18. The van der Waals surface area contributed by atoms with Gasteiger partial charge in [0.15, 0.2) is 6.61 Å². The van der Waals surface area contributed by atoms with Crippen LogP contribution in [0.15, 0.2) is 60.7 Å². The molecule has 142 valence electrons. The number of ether oxygens (including phenoxy) is 1. The van der Waals surface area contributed by atoms with Gasteiger partial charge in [-0.05, 0) is 52.6 Å². The normalized spacial score (nSPS) is 13.1. The van der Waals surface area contributed by atoms with Gasteiger partial charge in [0, 0.05) is 25.7 Å². The molecular weight excluding hydrogens is 352 g/mol. The van der Waals surface area contributed by atoms with E-state index in [1.807, 2.05) is 65.6 Å². The molecule has 0 saturated carbocycles. The molecule has 0 unspecified atom stereocenters. The van der Waals surface area contributed by atoms with Gasteiger partial charge in [0.05, 0.1) is 0 Å². The van der Waals surface area contributed by atoms with Crippen LogP contribution in [0.4, 0.5) is 5.69 Å². The molecule has 2 amide bonds. The maximum atomic E-state index is 12.3. The Morgan fingerprint density at radius 2 is 1.82 bits per heavy atom. The zero-order valence-corrected chi connectivity index (χ0v) is 15.8. The number of nitrogens with one attached hydrogen (secondary N) is 1. The summed E-state index contributed by atoms with van der Waals surface area (Å²) in [4.78, 5) is 25.7. The van der Waals surface area contributed by atoms with Gasteiger partial charge in [-0.15, -0.1) is 0 Å². The molecular formula is C23H22N2O3. The largest absolute Gasteiger partial charge is 0.484 e. The lowest BCUT2D eigenvalue weighted by atomic mass is 9.99. The Morgan fingerprint density at radius 3 is 2.64 bits per heavy atom. The predicted octanol–water partition coefficient (Wildman–Crippen LogP) is 3.76. The number of benzene rings is 3. The van der Waals surface area contributed by atoms with Crippen LogP contribution < -0.4 is 10.1 Å². The predicted molar refractivity (Wildman–Crippen MR) is 109 cm³/mol. The molecule has 0 aromatic heterocycles. The number of hydrogen-bond donors (Lipinski definition) is 1. The monoisotopic (exact) mass is 374 g/mol. The smallest absolute Gasteiger partial charge is 0.262 e. The Kier molecular flexibility index (Phi) is 4.98. The van der Waals surface area contributed by atoms with Gasteiger partial charge in [-0.1, -0.05) is 36.4 Å². The van der Waals surface area contributed by atoms with Crippen molar-refractivity contribution in [3.8, 4) is 5.75 Å². The second-order valence-electron chi connectivity index (χ2n) is 7.02. The Balaban J connectivity index is 1.38. The van der Waals surface area contributed by atoms with E-state index in [0.717, 1.165) is 35.0 Å². The van der Waals surface area contributed by atoms with Gasteiger partial charge in [0.2, 0.25) is 5.91 Å². The quantitative estimate of drug-likeness (QED) is 0.756. The van der Waals surface area contributed by atoms with Gasteiger partial charge < -0.3 is 15.0 Å². The molecule has 3 aromatic carbocycles. The molecule has 1 heterocycles. The van der Waals surface area contributed by atoms with Gasteiger partial charge in [0.25, 0.3) is 5.91 Å². The van der Waals surface area contributed by atoms with E-state index in [9.17, 15) is 9.59 Å². The maximum absolute atomic E-state index is 12.3. The van der Waals surface area contributed by atoms with E-state index in [2.05, 4.69) is 5.32 Å². The molecule has 1 N–H and O–H groups in total. The van der Waals surface area contributed by atoms with Gasteiger partial charge >= 0.3 is 0 Å². The molecule has 0 saturated heterocycles. The van der Waals surface area contributed by atoms with Crippen LogP contribution in [-0.4, -0.2) is 29.9 Å². The summed E-state index contributed by atoms with van der Waals surface area (Å²) in [6.07, 6.45) is 0.841. The topological polar surface area (TPSA) is 58.6 Å². The van der Waals surface area contributed by atoms with Crippen molar-refractivity contribution < 1.29 is 14.3 Å². The van der Waals surface area contributed by atoms with Crippen molar-refractivity contribution in [3.63, 3.8) is 0 Å². The Bertz CT molecular complexity index is 1040. The van der Waals surface area contributed by atoms with E-state index in [1.165, 1.54) is 5.56 Å². The zero-order valence-electron chi connectivity index (χ0n) is 15.8. The highest BCUT2D eigenvalue weighted by atomic mass is 16.5. The number of rotatable bonds is 4. The molecule has 1 aliphatic heterocycles. The lowest BCUT2D eigenvalue weighted by Crippen LogP contribution is -2.34. The summed E-state index contributed by atoms with van der Waals surface area (Å²) in [5.74, 6) is 0.521. The van der Waals surface area contributed by atoms with Gasteiger partial charge in [0.1, 0.15) is 5.75 Å². The summed E-state index contributed by atoms with van der Waals surface area (Å²) in [6, 6.07) is 19.7. The van der Waals surface area contributed by atoms with Crippen LogP contribution in [0.1, 0.15) is 18.1 Å². The summed E-state index contributed by atoms with van der Waals surface area (Å²) in [5, 5.41) is 5.08. The summed E-state index contributed by atoms with van der Waals surface area (Å²) < 4.78 is 5.64. The molecule has 0 fully saturated rings. The molecule has 5 heteroatoms. The minimum absolute atomic E-state index is 0.0605. The van der Waals surface area contributed by atoms with Crippen LogP contribution >= 0.6 is 0 Å². The van der Waals surface area contributed by atoms with E-state index in [1.54, 1.807) is 6.92 Å². The Morgan fingerprint density at radius 1 is 1.00 bits per heavy atom. The first-order valence-corrected chi connectivity index (χ1v) is 9.37. The number of carbonyl (C=O) groups is 2. The third-order valence-electron chi connectivity index (χ3n) is 5.04. The van der Waals surface area contributed by atoms with Crippen molar-refractivity contribution in [1.29, 1.82) is 0 Å². The lowest BCUT2D eigenvalue weighted by molar-refractivity contribution is -0.129. The van der Waals surface area contributed by atoms with Crippen molar-refractivity contribution in [2.75, 3.05) is 18.5 Å². The van der Waals surface area contributed by atoms with Crippen molar-refractivity contribution >= 4 is 28.3 Å². The van der Waals surface area contributed by atoms with E-state index in [0.29, 0.717) is 12.3 Å².